The van der Waals surface area contributed by atoms with Crippen LogP contribution in [-0.4, -0.2) is 42.2 Å². The molecule has 2 aromatic carbocycles. The summed E-state index contributed by atoms with van der Waals surface area (Å²) >= 11 is 7.36. The third-order valence-electron chi connectivity index (χ3n) is 4.42. The molecule has 0 aliphatic heterocycles. The summed E-state index contributed by atoms with van der Waals surface area (Å²) in [6.07, 6.45) is 0.541. The maximum Gasteiger partial charge on any atom is 0.242 e. The smallest absolute Gasteiger partial charge is 0.242 e. The number of amides is 2. The van der Waals surface area contributed by atoms with Crippen LogP contribution in [0.1, 0.15) is 25.8 Å². The van der Waals surface area contributed by atoms with E-state index in [1.165, 1.54) is 11.8 Å². The Morgan fingerprint density at radius 2 is 1.76 bits per heavy atom. The molecule has 0 aromatic heterocycles. The summed E-state index contributed by atoms with van der Waals surface area (Å²) in [5.74, 6) is 0.779. The molecule has 0 bridgehead atoms. The van der Waals surface area contributed by atoms with Crippen LogP contribution in [-0.2, 0) is 16.1 Å². The summed E-state index contributed by atoms with van der Waals surface area (Å²) in [6.45, 7) is 4.68. The van der Waals surface area contributed by atoms with Crippen LogP contribution >= 0.6 is 23.4 Å². The highest BCUT2D eigenvalue weighted by Gasteiger charge is 2.28. The Labute approximate surface area is 181 Å². The standard InChI is InChI=1S/C22H27ClN2O3S/c1-4-20(22(27)24-5-2)25(14-16-6-10-18(28-3)11-7-16)21(26)15-29-19-12-8-17(23)9-13-19/h6-13,20H,4-5,14-15H2,1-3H3,(H,24,27)/t20-/m1/s1. The van der Waals surface area contributed by atoms with Crippen LogP contribution in [0.5, 0.6) is 5.75 Å². The van der Waals surface area contributed by atoms with E-state index in [1.54, 1.807) is 24.1 Å². The Balaban J connectivity index is 2.17. The molecule has 0 fully saturated rings. The lowest BCUT2D eigenvalue weighted by Gasteiger charge is -2.30. The molecule has 2 amide bonds. The van der Waals surface area contributed by atoms with Crippen LogP contribution in [0.2, 0.25) is 5.02 Å². The van der Waals surface area contributed by atoms with Crippen LogP contribution < -0.4 is 10.1 Å². The van der Waals surface area contributed by atoms with E-state index in [2.05, 4.69) is 5.32 Å². The zero-order valence-corrected chi connectivity index (χ0v) is 18.6. The lowest BCUT2D eigenvalue weighted by Crippen LogP contribution is -2.49. The van der Waals surface area contributed by atoms with Gasteiger partial charge in [0.2, 0.25) is 11.8 Å². The molecular weight excluding hydrogens is 408 g/mol. The second-order valence-electron chi connectivity index (χ2n) is 6.43. The van der Waals surface area contributed by atoms with E-state index in [0.717, 1.165) is 16.2 Å². The summed E-state index contributed by atoms with van der Waals surface area (Å²) in [4.78, 5) is 28.3. The maximum absolute atomic E-state index is 13.1. The van der Waals surface area contributed by atoms with Crippen molar-refractivity contribution in [3.05, 3.63) is 59.1 Å². The van der Waals surface area contributed by atoms with Crippen LogP contribution in [0.4, 0.5) is 0 Å². The molecule has 2 aromatic rings. The van der Waals surface area contributed by atoms with Gasteiger partial charge in [-0.2, -0.15) is 0 Å². The molecular formula is C22H27ClN2O3S. The second kappa shape index (κ2) is 11.7. The Morgan fingerprint density at radius 1 is 1.10 bits per heavy atom. The van der Waals surface area contributed by atoms with Crippen molar-refractivity contribution >= 4 is 35.2 Å². The number of nitrogens with one attached hydrogen (secondary N) is 1. The number of benzene rings is 2. The fraction of sp³-hybridized carbons (Fsp3) is 0.364. The number of hydrogen-bond acceptors (Lipinski definition) is 4. The first-order chi connectivity index (χ1) is 14.0. The average molecular weight is 435 g/mol. The lowest BCUT2D eigenvalue weighted by atomic mass is 10.1. The lowest BCUT2D eigenvalue weighted by molar-refractivity contribution is -0.139. The van der Waals surface area contributed by atoms with Gasteiger partial charge in [0.05, 0.1) is 12.9 Å². The third-order valence-corrected chi connectivity index (χ3v) is 5.67. The van der Waals surface area contributed by atoms with Crippen LogP contribution in [0.3, 0.4) is 0 Å². The molecule has 0 saturated heterocycles. The Bertz CT molecular complexity index is 797. The van der Waals surface area contributed by atoms with Gasteiger partial charge in [-0.1, -0.05) is 30.7 Å². The van der Waals surface area contributed by atoms with Gasteiger partial charge in [0.1, 0.15) is 11.8 Å². The first-order valence-electron chi connectivity index (χ1n) is 9.56. The number of nitrogens with zero attached hydrogens (tertiary/aromatic N) is 1. The number of hydrogen-bond donors (Lipinski definition) is 1. The molecule has 0 spiro atoms. The largest absolute Gasteiger partial charge is 0.497 e. The van der Waals surface area contributed by atoms with Gasteiger partial charge < -0.3 is 15.0 Å². The molecule has 7 heteroatoms. The first-order valence-corrected chi connectivity index (χ1v) is 10.9. The van der Waals surface area contributed by atoms with Gasteiger partial charge in [0.25, 0.3) is 0 Å². The normalized spacial score (nSPS) is 11.6. The fourth-order valence-corrected chi connectivity index (χ4v) is 3.81. The highest BCUT2D eigenvalue weighted by atomic mass is 35.5. The Hall–Kier alpha value is -2.18. The van der Waals surface area contributed by atoms with Gasteiger partial charge >= 0.3 is 0 Å². The predicted octanol–water partition coefficient (Wildman–Crippen LogP) is 4.38. The molecule has 1 N–H and O–H groups in total. The van der Waals surface area contributed by atoms with Crippen molar-refractivity contribution in [2.75, 3.05) is 19.4 Å². The number of likely N-dealkylation sites (N-methyl/N-ethyl adjacent to an activating group) is 1. The van der Waals surface area contributed by atoms with Crippen LogP contribution in [0, 0.1) is 0 Å². The van der Waals surface area contributed by atoms with Gasteiger partial charge in [-0.3, -0.25) is 9.59 Å². The van der Waals surface area contributed by atoms with Crippen molar-refractivity contribution in [1.82, 2.24) is 10.2 Å². The van der Waals surface area contributed by atoms with Crippen molar-refractivity contribution in [2.24, 2.45) is 0 Å². The molecule has 0 aliphatic carbocycles. The van der Waals surface area contributed by atoms with Gasteiger partial charge in [0, 0.05) is 23.0 Å². The molecule has 0 unspecified atom stereocenters. The number of thioether (sulfide) groups is 1. The number of carbonyl (C=O) groups excluding carboxylic acids is 2. The van der Waals surface area contributed by atoms with Crippen LogP contribution in [0.25, 0.3) is 0 Å². The summed E-state index contributed by atoms with van der Waals surface area (Å²) in [7, 11) is 1.61. The number of halogens is 1. The third kappa shape index (κ3) is 6.98. The van der Waals surface area contributed by atoms with E-state index in [4.69, 9.17) is 16.3 Å². The number of methoxy groups -OCH3 is 1. The van der Waals surface area contributed by atoms with Crippen molar-refractivity contribution in [1.29, 1.82) is 0 Å². The van der Waals surface area contributed by atoms with Gasteiger partial charge in [0.15, 0.2) is 0 Å². The molecule has 0 heterocycles. The van der Waals surface area contributed by atoms with Crippen molar-refractivity contribution in [3.8, 4) is 5.75 Å². The minimum atomic E-state index is -0.518. The second-order valence-corrected chi connectivity index (χ2v) is 7.92. The maximum atomic E-state index is 13.1. The molecule has 0 saturated carbocycles. The average Bonchev–Trinajstić information content (AvgIpc) is 2.73. The van der Waals surface area contributed by atoms with E-state index >= 15 is 0 Å². The van der Waals surface area contributed by atoms with E-state index in [0.29, 0.717) is 24.5 Å². The molecule has 156 valence electrons. The van der Waals surface area contributed by atoms with E-state index < -0.39 is 6.04 Å². The number of carbonyl (C=O) groups is 2. The summed E-state index contributed by atoms with van der Waals surface area (Å²) in [5.41, 5.74) is 0.943. The molecule has 29 heavy (non-hydrogen) atoms. The van der Waals surface area contributed by atoms with Gasteiger partial charge in [-0.05, 0) is 55.3 Å². The van der Waals surface area contributed by atoms with Crippen molar-refractivity contribution in [3.63, 3.8) is 0 Å². The number of rotatable bonds is 10. The monoisotopic (exact) mass is 434 g/mol. The summed E-state index contributed by atoms with van der Waals surface area (Å²) in [5, 5.41) is 3.50. The van der Waals surface area contributed by atoms with Gasteiger partial charge in [-0.15, -0.1) is 11.8 Å². The Morgan fingerprint density at radius 3 is 2.31 bits per heavy atom. The van der Waals surface area contributed by atoms with Crippen molar-refractivity contribution in [2.45, 2.75) is 37.8 Å². The highest BCUT2D eigenvalue weighted by Crippen LogP contribution is 2.22. The van der Waals surface area contributed by atoms with Crippen LogP contribution in [0.15, 0.2) is 53.4 Å². The predicted molar refractivity (Wildman–Crippen MR) is 118 cm³/mol. The van der Waals surface area contributed by atoms with E-state index in [-0.39, 0.29) is 17.6 Å². The van der Waals surface area contributed by atoms with E-state index in [9.17, 15) is 9.59 Å². The minimum Gasteiger partial charge on any atom is -0.497 e. The molecule has 2 rings (SSSR count). The topological polar surface area (TPSA) is 58.6 Å². The Kier molecular flexibility index (Phi) is 9.35. The van der Waals surface area contributed by atoms with Crippen molar-refractivity contribution < 1.29 is 14.3 Å². The quantitative estimate of drug-likeness (QED) is 0.563. The highest BCUT2D eigenvalue weighted by molar-refractivity contribution is 8.00. The summed E-state index contributed by atoms with van der Waals surface area (Å²) < 4.78 is 5.20. The molecule has 5 nitrogen and oxygen atoms in total. The molecule has 0 aliphatic rings. The molecule has 1 atom stereocenters. The minimum absolute atomic E-state index is 0.0844. The summed E-state index contributed by atoms with van der Waals surface area (Å²) in [6, 6.07) is 14.4. The van der Waals surface area contributed by atoms with Gasteiger partial charge in [-0.25, -0.2) is 0 Å². The van der Waals surface area contributed by atoms with E-state index in [1.807, 2.05) is 50.2 Å². The first kappa shape index (κ1) is 23.1. The SMILES string of the molecule is CCNC(=O)[C@@H](CC)N(Cc1ccc(OC)cc1)C(=O)CSc1ccc(Cl)cc1. The zero-order chi connectivity index (χ0) is 21.2. The molecule has 0 radical (unpaired) electrons. The zero-order valence-electron chi connectivity index (χ0n) is 17.0. The fourth-order valence-electron chi connectivity index (χ4n) is 2.90. The number of ether oxygens (including phenoxy) is 1.